The molecule has 0 aliphatic carbocycles. The molecule has 0 bridgehead atoms. The predicted molar refractivity (Wildman–Crippen MR) is 93.5 cm³/mol. The lowest BCUT2D eigenvalue weighted by Crippen LogP contribution is -2.47. The van der Waals surface area contributed by atoms with E-state index in [4.69, 9.17) is 0 Å². The van der Waals surface area contributed by atoms with Crippen molar-refractivity contribution in [2.45, 2.75) is 31.6 Å². The molecule has 1 atom stereocenters. The molecule has 0 radical (unpaired) electrons. The Labute approximate surface area is 139 Å². The van der Waals surface area contributed by atoms with Crippen molar-refractivity contribution in [3.63, 3.8) is 0 Å². The molecule has 0 aromatic heterocycles. The second kappa shape index (κ2) is 8.46. The Balaban J connectivity index is 1.44. The summed E-state index contributed by atoms with van der Waals surface area (Å²) in [6.07, 6.45) is 4.40. The summed E-state index contributed by atoms with van der Waals surface area (Å²) in [7, 11) is 0. The van der Waals surface area contributed by atoms with Crippen LogP contribution in [-0.4, -0.2) is 61.5 Å². The quantitative estimate of drug-likeness (QED) is 0.924. The fourth-order valence-electron chi connectivity index (χ4n) is 3.76. The van der Waals surface area contributed by atoms with E-state index in [9.17, 15) is 4.79 Å². The summed E-state index contributed by atoms with van der Waals surface area (Å²) in [5, 5.41) is 3.30. The van der Waals surface area contributed by atoms with Crippen molar-refractivity contribution in [3.8, 4) is 0 Å². The SMILES string of the molecule is O=C(CCN1CCCC(c2ccccc2)CC1)N1CCNCC1. The van der Waals surface area contributed by atoms with Gasteiger partial charge in [0, 0.05) is 39.1 Å². The molecule has 126 valence electrons. The normalized spacial score (nSPS) is 23.5. The zero-order chi connectivity index (χ0) is 15.9. The first-order valence-corrected chi connectivity index (χ1v) is 9.09. The van der Waals surface area contributed by atoms with Gasteiger partial charge in [0.25, 0.3) is 0 Å². The van der Waals surface area contributed by atoms with Crippen LogP contribution in [0.2, 0.25) is 0 Å². The molecule has 0 saturated carbocycles. The van der Waals surface area contributed by atoms with Gasteiger partial charge in [0.2, 0.25) is 5.91 Å². The number of nitrogens with one attached hydrogen (secondary N) is 1. The van der Waals surface area contributed by atoms with Gasteiger partial charge in [-0.05, 0) is 43.8 Å². The summed E-state index contributed by atoms with van der Waals surface area (Å²) in [4.78, 5) is 16.8. The molecule has 0 spiro atoms. The van der Waals surface area contributed by atoms with Gasteiger partial charge < -0.3 is 15.1 Å². The molecule has 3 rings (SSSR count). The highest BCUT2D eigenvalue weighted by Gasteiger charge is 2.20. The van der Waals surface area contributed by atoms with Crippen LogP contribution >= 0.6 is 0 Å². The van der Waals surface area contributed by atoms with Crippen molar-refractivity contribution >= 4 is 5.91 Å². The summed E-state index contributed by atoms with van der Waals surface area (Å²) in [5.41, 5.74) is 1.48. The third-order valence-corrected chi connectivity index (χ3v) is 5.20. The molecular weight excluding hydrogens is 286 g/mol. The molecular formula is C19H29N3O. The fraction of sp³-hybridized carbons (Fsp3) is 0.632. The highest BCUT2D eigenvalue weighted by Crippen LogP contribution is 2.27. The largest absolute Gasteiger partial charge is 0.340 e. The van der Waals surface area contributed by atoms with Crippen molar-refractivity contribution in [3.05, 3.63) is 35.9 Å². The molecule has 1 N–H and O–H groups in total. The predicted octanol–water partition coefficient (Wildman–Crippen LogP) is 2.08. The number of nitrogens with zero attached hydrogens (tertiary/aromatic N) is 2. The van der Waals surface area contributed by atoms with Crippen LogP contribution < -0.4 is 5.32 Å². The summed E-state index contributed by atoms with van der Waals surface area (Å²) in [6.45, 7) is 6.79. The Hall–Kier alpha value is -1.39. The monoisotopic (exact) mass is 315 g/mol. The maximum Gasteiger partial charge on any atom is 0.223 e. The van der Waals surface area contributed by atoms with Crippen LogP contribution in [0.15, 0.2) is 30.3 Å². The van der Waals surface area contributed by atoms with E-state index in [1.807, 2.05) is 4.90 Å². The molecule has 1 amide bonds. The minimum Gasteiger partial charge on any atom is -0.340 e. The first-order chi connectivity index (χ1) is 11.3. The molecule has 2 aliphatic heterocycles. The zero-order valence-electron chi connectivity index (χ0n) is 14.0. The van der Waals surface area contributed by atoms with Crippen molar-refractivity contribution in [2.24, 2.45) is 0 Å². The lowest BCUT2D eigenvalue weighted by molar-refractivity contribution is -0.132. The van der Waals surface area contributed by atoms with Gasteiger partial charge in [0.1, 0.15) is 0 Å². The Morgan fingerprint density at radius 2 is 1.83 bits per heavy atom. The molecule has 4 heteroatoms. The zero-order valence-corrected chi connectivity index (χ0v) is 14.0. The van der Waals surface area contributed by atoms with E-state index < -0.39 is 0 Å². The number of likely N-dealkylation sites (tertiary alicyclic amines) is 1. The van der Waals surface area contributed by atoms with Crippen molar-refractivity contribution in [2.75, 3.05) is 45.8 Å². The van der Waals surface area contributed by atoms with E-state index >= 15 is 0 Å². The number of piperazine rings is 1. The van der Waals surface area contributed by atoms with E-state index in [0.717, 1.165) is 45.8 Å². The first-order valence-electron chi connectivity index (χ1n) is 9.09. The van der Waals surface area contributed by atoms with Crippen molar-refractivity contribution < 1.29 is 4.79 Å². The number of hydrogen-bond donors (Lipinski definition) is 1. The Morgan fingerprint density at radius 1 is 1.04 bits per heavy atom. The summed E-state index contributed by atoms with van der Waals surface area (Å²) < 4.78 is 0. The minimum absolute atomic E-state index is 0.329. The maximum absolute atomic E-state index is 12.3. The number of carbonyl (C=O) groups is 1. The van der Waals surface area contributed by atoms with Crippen LogP contribution in [0.4, 0.5) is 0 Å². The van der Waals surface area contributed by atoms with Crippen LogP contribution in [0.1, 0.15) is 37.2 Å². The van der Waals surface area contributed by atoms with Crippen LogP contribution in [-0.2, 0) is 4.79 Å². The molecule has 1 aromatic carbocycles. The number of carbonyl (C=O) groups excluding carboxylic acids is 1. The molecule has 2 heterocycles. The molecule has 2 aliphatic rings. The summed E-state index contributed by atoms with van der Waals surface area (Å²) in [5.74, 6) is 1.01. The third kappa shape index (κ3) is 4.79. The molecule has 2 fully saturated rings. The summed E-state index contributed by atoms with van der Waals surface area (Å²) in [6, 6.07) is 10.9. The molecule has 1 unspecified atom stereocenters. The van der Waals surface area contributed by atoms with Gasteiger partial charge in [-0.25, -0.2) is 0 Å². The Bertz CT molecular complexity index is 485. The van der Waals surface area contributed by atoms with Crippen LogP contribution in [0, 0.1) is 0 Å². The van der Waals surface area contributed by atoms with E-state index in [-0.39, 0.29) is 0 Å². The maximum atomic E-state index is 12.3. The van der Waals surface area contributed by atoms with Crippen molar-refractivity contribution in [1.29, 1.82) is 0 Å². The average molecular weight is 315 g/mol. The standard InChI is InChI=1S/C19H29N3O/c23-19(22-15-10-20-11-16-22)9-14-21-12-4-7-18(8-13-21)17-5-2-1-3-6-17/h1-3,5-6,18,20H,4,7-16H2. The molecule has 23 heavy (non-hydrogen) atoms. The van der Waals surface area contributed by atoms with Crippen LogP contribution in [0.5, 0.6) is 0 Å². The van der Waals surface area contributed by atoms with Gasteiger partial charge in [0.15, 0.2) is 0 Å². The van der Waals surface area contributed by atoms with Gasteiger partial charge in [-0.1, -0.05) is 30.3 Å². The van der Waals surface area contributed by atoms with Crippen molar-refractivity contribution in [1.82, 2.24) is 15.1 Å². The second-order valence-corrected chi connectivity index (χ2v) is 6.76. The Morgan fingerprint density at radius 3 is 2.61 bits per heavy atom. The minimum atomic E-state index is 0.329. The highest BCUT2D eigenvalue weighted by molar-refractivity contribution is 5.76. The smallest absolute Gasteiger partial charge is 0.223 e. The van der Waals surface area contributed by atoms with E-state index in [0.29, 0.717) is 18.2 Å². The first kappa shape index (κ1) is 16.5. The van der Waals surface area contributed by atoms with Gasteiger partial charge in [0.05, 0.1) is 0 Å². The number of rotatable bonds is 4. The van der Waals surface area contributed by atoms with Gasteiger partial charge in [-0.15, -0.1) is 0 Å². The van der Waals surface area contributed by atoms with Crippen LogP contribution in [0.3, 0.4) is 0 Å². The lowest BCUT2D eigenvalue weighted by atomic mass is 9.92. The van der Waals surface area contributed by atoms with E-state index in [1.165, 1.54) is 24.8 Å². The molecule has 2 saturated heterocycles. The van der Waals surface area contributed by atoms with Gasteiger partial charge in [-0.3, -0.25) is 4.79 Å². The summed E-state index contributed by atoms with van der Waals surface area (Å²) >= 11 is 0. The average Bonchev–Trinajstić information content (AvgIpc) is 2.87. The van der Waals surface area contributed by atoms with E-state index in [1.54, 1.807) is 0 Å². The van der Waals surface area contributed by atoms with Gasteiger partial charge >= 0.3 is 0 Å². The molecule has 1 aromatic rings. The third-order valence-electron chi connectivity index (χ3n) is 5.20. The Kier molecular flexibility index (Phi) is 6.06. The molecule has 4 nitrogen and oxygen atoms in total. The highest BCUT2D eigenvalue weighted by atomic mass is 16.2. The number of benzene rings is 1. The van der Waals surface area contributed by atoms with E-state index in [2.05, 4.69) is 40.5 Å². The van der Waals surface area contributed by atoms with Crippen LogP contribution in [0.25, 0.3) is 0 Å². The fourth-order valence-corrected chi connectivity index (χ4v) is 3.76. The number of hydrogen-bond acceptors (Lipinski definition) is 3. The lowest BCUT2D eigenvalue weighted by Gasteiger charge is -2.28. The number of amides is 1. The topological polar surface area (TPSA) is 35.6 Å². The van der Waals surface area contributed by atoms with Gasteiger partial charge in [-0.2, -0.15) is 0 Å². The second-order valence-electron chi connectivity index (χ2n) is 6.76.